The van der Waals surface area contributed by atoms with E-state index in [0.717, 1.165) is 5.56 Å². The number of benzene rings is 2. The number of hydrogen-bond donors (Lipinski definition) is 0. The van der Waals surface area contributed by atoms with Crippen LogP contribution in [-0.2, 0) is 16.1 Å². The van der Waals surface area contributed by atoms with Crippen LogP contribution in [0.25, 0.3) is 10.9 Å². The number of ether oxygens (including phenoxy) is 1. The average Bonchev–Trinajstić information content (AvgIpc) is 2.66. The summed E-state index contributed by atoms with van der Waals surface area (Å²) < 4.78 is 6.20. The van der Waals surface area contributed by atoms with Crippen LogP contribution in [0.3, 0.4) is 0 Å². The second-order valence-electron chi connectivity index (χ2n) is 5.21. The summed E-state index contributed by atoms with van der Waals surface area (Å²) in [6, 6.07) is 16.4. The molecule has 3 rings (SSSR count). The topological polar surface area (TPSA) is 74.1 Å². The first kappa shape index (κ1) is 16.4. The van der Waals surface area contributed by atoms with Gasteiger partial charge >= 0.3 is 5.97 Å². The van der Waals surface area contributed by atoms with Gasteiger partial charge in [0.15, 0.2) is 6.61 Å². The number of hydrogen-bond acceptors (Lipinski definition) is 5. The molecule has 0 atom stereocenters. The minimum atomic E-state index is -0.441. The smallest absolute Gasteiger partial charge is 0.308 e. The van der Waals surface area contributed by atoms with E-state index < -0.39 is 5.97 Å². The van der Waals surface area contributed by atoms with E-state index in [2.05, 4.69) is 22.2 Å². The number of fused-ring (bicyclic) bond motifs is 1. The highest BCUT2D eigenvalue weighted by atomic mass is 16.5. The standard InChI is InChI=1S/C19H15N3O3/c23-18(25-14-6-9-15-7-2-1-3-8-15)12-13-22-19(24)16-10-4-5-11-17(16)20-21-22/h1-5,7-8,10-11H,12-14H2. The molecule has 0 N–H and O–H groups in total. The number of rotatable bonds is 4. The minimum Gasteiger partial charge on any atom is -0.452 e. The SMILES string of the molecule is O=C(CCn1nnc2ccccc2c1=O)OCC#Cc1ccccc1. The Morgan fingerprint density at radius 2 is 1.84 bits per heavy atom. The molecule has 0 saturated carbocycles. The van der Waals surface area contributed by atoms with Gasteiger partial charge in [0, 0.05) is 5.56 Å². The van der Waals surface area contributed by atoms with Crippen LogP contribution >= 0.6 is 0 Å². The van der Waals surface area contributed by atoms with Crippen LogP contribution < -0.4 is 5.56 Å². The molecule has 0 spiro atoms. The molecule has 25 heavy (non-hydrogen) atoms. The van der Waals surface area contributed by atoms with E-state index >= 15 is 0 Å². The summed E-state index contributed by atoms with van der Waals surface area (Å²) in [5.41, 5.74) is 1.11. The van der Waals surface area contributed by atoms with Crippen molar-refractivity contribution >= 4 is 16.9 Å². The van der Waals surface area contributed by atoms with Gasteiger partial charge < -0.3 is 4.74 Å². The number of aryl methyl sites for hydroxylation is 1. The predicted molar refractivity (Wildman–Crippen MR) is 92.7 cm³/mol. The van der Waals surface area contributed by atoms with E-state index in [1.165, 1.54) is 4.68 Å². The molecule has 0 aliphatic carbocycles. The Hall–Kier alpha value is -3.46. The highest BCUT2D eigenvalue weighted by molar-refractivity contribution is 5.76. The maximum absolute atomic E-state index is 12.2. The van der Waals surface area contributed by atoms with Gasteiger partial charge in [-0.1, -0.05) is 47.4 Å². The summed E-state index contributed by atoms with van der Waals surface area (Å²) in [7, 11) is 0. The molecule has 0 amide bonds. The van der Waals surface area contributed by atoms with Crippen LogP contribution in [0.2, 0.25) is 0 Å². The third kappa shape index (κ3) is 4.30. The van der Waals surface area contributed by atoms with Crippen LogP contribution in [0, 0.1) is 11.8 Å². The van der Waals surface area contributed by atoms with Crippen LogP contribution in [-0.4, -0.2) is 27.6 Å². The van der Waals surface area contributed by atoms with Crippen molar-refractivity contribution in [2.75, 3.05) is 6.61 Å². The monoisotopic (exact) mass is 333 g/mol. The zero-order valence-corrected chi connectivity index (χ0v) is 13.4. The molecular weight excluding hydrogens is 318 g/mol. The number of carbonyl (C=O) groups excluding carboxylic acids is 1. The summed E-state index contributed by atoms with van der Waals surface area (Å²) in [6.45, 7) is 0.119. The third-order valence-electron chi connectivity index (χ3n) is 3.47. The Balaban J connectivity index is 1.54. The molecule has 124 valence electrons. The maximum Gasteiger partial charge on any atom is 0.308 e. The molecule has 3 aromatic rings. The van der Waals surface area contributed by atoms with Crippen molar-refractivity contribution in [1.29, 1.82) is 0 Å². The highest BCUT2D eigenvalue weighted by Crippen LogP contribution is 2.03. The van der Waals surface area contributed by atoms with Crippen molar-refractivity contribution < 1.29 is 9.53 Å². The van der Waals surface area contributed by atoms with Crippen LogP contribution in [0.5, 0.6) is 0 Å². The molecular formula is C19H15N3O3. The molecule has 0 unspecified atom stereocenters. The Kier molecular flexibility index (Phi) is 5.17. The Bertz CT molecular complexity index is 1000. The van der Waals surface area contributed by atoms with Gasteiger partial charge in [-0.2, -0.15) is 0 Å². The third-order valence-corrected chi connectivity index (χ3v) is 3.47. The van der Waals surface area contributed by atoms with Gasteiger partial charge in [-0.25, -0.2) is 4.68 Å². The Morgan fingerprint density at radius 3 is 2.68 bits per heavy atom. The van der Waals surface area contributed by atoms with E-state index in [4.69, 9.17) is 4.74 Å². The second-order valence-corrected chi connectivity index (χ2v) is 5.21. The Morgan fingerprint density at radius 1 is 1.08 bits per heavy atom. The fourth-order valence-corrected chi connectivity index (χ4v) is 2.22. The lowest BCUT2D eigenvalue weighted by molar-refractivity contribution is -0.142. The first-order chi connectivity index (χ1) is 12.2. The molecule has 6 heteroatoms. The molecule has 0 bridgehead atoms. The largest absolute Gasteiger partial charge is 0.452 e. The minimum absolute atomic E-state index is 0.00598. The van der Waals surface area contributed by atoms with Gasteiger partial charge in [0.05, 0.1) is 18.4 Å². The van der Waals surface area contributed by atoms with Crippen molar-refractivity contribution in [3.05, 3.63) is 70.5 Å². The zero-order valence-electron chi connectivity index (χ0n) is 13.4. The van der Waals surface area contributed by atoms with E-state index in [0.29, 0.717) is 10.9 Å². The van der Waals surface area contributed by atoms with Crippen molar-refractivity contribution in [3.8, 4) is 11.8 Å². The predicted octanol–water partition coefficient (Wildman–Crippen LogP) is 1.78. The molecule has 1 aromatic heterocycles. The van der Waals surface area contributed by atoms with E-state index in [-0.39, 0.29) is 25.1 Å². The average molecular weight is 333 g/mol. The Labute approximate surface area is 144 Å². The summed E-state index contributed by atoms with van der Waals surface area (Å²) in [6.07, 6.45) is 0.0277. The van der Waals surface area contributed by atoms with Gasteiger partial charge in [0.1, 0.15) is 5.52 Å². The van der Waals surface area contributed by atoms with Gasteiger partial charge in [-0.3, -0.25) is 9.59 Å². The summed E-state index contributed by atoms with van der Waals surface area (Å²) in [5.74, 6) is 5.23. The van der Waals surface area contributed by atoms with E-state index in [1.807, 2.05) is 30.3 Å². The zero-order chi connectivity index (χ0) is 17.5. The fourth-order valence-electron chi connectivity index (χ4n) is 2.22. The summed E-state index contributed by atoms with van der Waals surface area (Å²) in [4.78, 5) is 24.0. The van der Waals surface area contributed by atoms with Gasteiger partial charge in [-0.05, 0) is 24.3 Å². The van der Waals surface area contributed by atoms with Crippen molar-refractivity contribution in [2.45, 2.75) is 13.0 Å². The van der Waals surface area contributed by atoms with Crippen molar-refractivity contribution in [2.24, 2.45) is 0 Å². The lowest BCUT2D eigenvalue weighted by Crippen LogP contribution is -2.25. The molecule has 6 nitrogen and oxygen atoms in total. The van der Waals surface area contributed by atoms with Gasteiger partial charge in [0.2, 0.25) is 0 Å². The number of esters is 1. The molecule has 0 aliphatic rings. The lowest BCUT2D eigenvalue weighted by Gasteiger charge is -2.04. The van der Waals surface area contributed by atoms with Gasteiger partial charge in [0.25, 0.3) is 5.56 Å². The van der Waals surface area contributed by atoms with Crippen LogP contribution in [0.4, 0.5) is 0 Å². The summed E-state index contributed by atoms with van der Waals surface area (Å²) >= 11 is 0. The molecule has 0 fully saturated rings. The molecule has 0 aliphatic heterocycles. The van der Waals surface area contributed by atoms with Crippen molar-refractivity contribution in [3.63, 3.8) is 0 Å². The normalized spacial score (nSPS) is 10.1. The first-order valence-corrected chi connectivity index (χ1v) is 7.76. The lowest BCUT2D eigenvalue weighted by atomic mass is 10.2. The molecule has 0 saturated heterocycles. The fraction of sp³-hybridized carbons (Fsp3) is 0.158. The maximum atomic E-state index is 12.2. The second kappa shape index (κ2) is 7.88. The van der Waals surface area contributed by atoms with E-state index in [1.54, 1.807) is 24.3 Å². The van der Waals surface area contributed by atoms with Crippen molar-refractivity contribution in [1.82, 2.24) is 15.0 Å². The van der Waals surface area contributed by atoms with Crippen LogP contribution in [0.15, 0.2) is 59.4 Å². The number of carbonyl (C=O) groups is 1. The summed E-state index contributed by atoms with van der Waals surface area (Å²) in [5, 5.41) is 8.27. The molecule has 1 heterocycles. The number of aromatic nitrogens is 3. The van der Waals surface area contributed by atoms with E-state index in [9.17, 15) is 9.59 Å². The quantitative estimate of drug-likeness (QED) is 0.537. The molecule has 2 aromatic carbocycles. The van der Waals surface area contributed by atoms with Gasteiger partial charge in [-0.15, -0.1) is 5.10 Å². The van der Waals surface area contributed by atoms with Crippen LogP contribution in [0.1, 0.15) is 12.0 Å². The highest BCUT2D eigenvalue weighted by Gasteiger charge is 2.08. The molecule has 0 radical (unpaired) electrons. The first-order valence-electron chi connectivity index (χ1n) is 7.76. The number of nitrogens with zero attached hydrogens (tertiary/aromatic N) is 3.